The van der Waals surface area contributed by atoms with E-state index in [1.54, 1.807) is 0 Å². The molecule has 1 heterocycles. The predicted octanol–water partition coefficient (Wildman–Crippen LogP) is 2.74. The highest BCUT2D eigenvalue weighted by atomic mass is 16.7. The van der Waals surface area contributed by atoms with Crippen LogP contribution in [0.15, 0.2) is 18.2 Å². The molecule has 0 saturated heterocycles. The molecule has 0 atom stereocenters. The first kappa shape index (κ1) is 14.5. The van der Waals surface area contributed by atoms with Crippen LogP contribution >= 0.6 is 0 Å². The molecule has 0 fully saturated rings. The topological polar surface area (TPSA) is 59.0 Å². The molecule has 0 bridgehead atoms. The summed E-state index contributed by atoms with van der Waals surface area (Å²) in [5, 5.41) is 8.87. The minimum absolute atomic E-state index is 0.131. The molecule has 5 nitrogen and oxygen atoms in total. The molecule has 1 aliphatic heterocycles. The van der Waals surface area contributed by atoms with E-state index in [-0.39, 0.29) is 13.2 Å². The lowest BCUT2D eigenvalue weighted by Gasteiger charge is -2.25. The quantitative estimate of drug-likeness (QED) is 0.831. The summed E-state index contributed by atoms with van der Waals surface area (Å²) in [6, 6.07) is 5.75. The number of aliphatic carboxylic acids is 1. The summed E-state index contributed by atoms with van der Waals surface area (Å²) < 4.78 is 10.7. The summed E-state index contributed by atoms with van der Waals surface area (Å²) in [7, 11) is 0. The Morgan fingerprint density at radius 2 is 2.05 bits per heavy atom. The van der Waals surface area contributed by atoms with E-state index in [4.69, 9.17) is 14.6 Å². The van der Waals surface area contributed by atoms with Gasteiger partial charge in [0.1, 0.15) is 0 Å². The second kappa shape index (κ2) is 6.50. The number of carbonyl (C=O) groups is 1. The van der Waals surface area contributed by atoms with Gasteiger partial charge in [-0.3, -0.25) is 4.79 Å². The van der Waals surface area contributed by atoms with Crippen LogP contribution in [-0.4, -0.2) is 31.0 Å². The van der Waals surface area contributed by atoms with Crippen molar-refractivity contribution in [2.75, 3.05) is 24.8 Å². The van der Waals surface area contributed by atoms with Gasteiger partial charge in [0, 0.05) is 24.8 Å². The van der Waals surface area contributed by atoms with Crippen LogP contribution in [0.5, 0.6) is 11.5 Å². The van der Waals surface area contributed by atoms with Crippen LogP contribution in [0.25, 0.3) is 0 Å². The van der Waals surface area contributed by atoms with Crippen molar-refractivity contribution in [1.82, 2.24) is 0 Å². The van der Waals surface area contributed by atoms with Gasteiger partial charge in [0.2, 0.25) is 6.79 Å². The number of fused-ring (bicyclic) bond motifs is 1. The van der Waals surface area contributed by atoms with Crippen molar-refractivity contribution in [2.45, 2.75) is 26.7 Å². The molecule has 1 aromatic rings. The SMILES string of the molecule is CC(C)CCN(CCC(=O)O)c1ccc2c(c1)OCO2. The fraction of sp³-hybridized carbons (Fsp3) is 0.533. The van der Waals surface area contributed by atoms with Crippen LogP contribution in [0, 0.1) is 5.92 Å². The maximum absolute atomic E-state index is 10.8. The van der Waals surface area contributed by atoms with Gasteiger partial charge < -0.3 is 19.5 Å². The number of hydrogen-bond donors (Lipinski definition) is 1. The molecular formula is C15H21NO4. The smallest absolute Gasteiger partial charge is 0.305 e. The van der Waals surface area contributed by atoms with E-state index in [9.17, 15) is 4.79 Å². The minimum atomic E-state index is -0.778. The third-order valence-corrected chi connectivity index (χ3v) is 3.29. The molecule has 0 radical (unpaired) electrons. The Labute approximate surface area is 119 Å². The zero-order chi connectivity index (χ0) is 14.5. The van der Waals surface area contributed by atoms with Gasteiger partial charge in [0.25, 0.3) is 0 Å². The Morgan fingerprint density at radius 1 is 1.30 bits per heavy atom. The summed E-state index contributed by atoms with van der Waals surface area (Å²) in [5.74, 6) is 1.28. The largest absolute Gasteiger partial charge is 0.481 e. The highest BCUT2D eigenvalue weighted by Crippen LogP contribution is 2.35. The average Bonchev–Trinajstić information content (AvgIpc) is 2.85. The van der Waals surface area contributed by atoms with Crippen LogP contribution in [0.4, 0.5) is 5.69 Å². The van der Waals surface area contributed by atoms with E-state index in [2.05, 4.69) is 18.7 Å². The van der Waals surface area contributed by atoms with Gasteiger partial charge >= 0.3 is 5.97 Å². The third kappa shape index (κ3) is 3.79. The second-order valence-corrected chi connectivity index (χ2v) is 5.35. The van der Waals surface area contributed by atoms with Crippen LogP contribution in [-0.2, 0) is 4.79 Å². The third-order valence-electron chi connectivity index (χ3n) is 3.29. The Bertz CT molecular complexity index is 473. The number of carboxylic acid groups (broad SMARTS) is 1. The number of benzene rings is 1. The van der Waals surface area contributed by atoms with E-state index in [0.29, 0.717) is 12.5 Å². The molecule has 1 N–H and O–H groups in total. The number of hydrogen-bond acceptors (Lipinski definition) is 4. The van der Waals surface area contributed by atoms with Crippen LogP contribution in [0.2, 0.25) is 0 Å². The van der Waals surface area contributed by atoms with E-state index in [1.165, 1.54) is 0 Å². The van der Waals surface area contributed by atoms with Gasteiger partial charge in [-0.1, -0.05) is 13.8 Å². The van der Waals surface area contributed by atoms with E-state index in [0.717, 1.165) is 30.2 Å². The zero-order valence-corrected chi connectivity index (χ0v) is 12.0. The van der Waals surface area contributed by atoms with Crippen molar-refractivity contribution in [1.29, 1.82) is 0 Å². The molecular weight excluding hydrogens is 258 g/mol. The molecule has 0 aromatic heterocycles. The standard InChI is InChI=1S/C15H21NO4/c1-11(2)5-7-16(8-6-15(17)18)12-3-4-13-14(9-12)20-10-19-13/h3-4,9,11H,5-8,10H2,1-2H3,(H,17,18). The van der Waals surface area contributed by atoms with Crippen molar-refractivity contribution < 1.29 is 19.4 Å². The van der Waals surface area contributed by atoms with Gasteiger partial charge in [0.15, 0.2) is 11.5 Å². The zero-order valence-electron chi connectivity index (χ0n) is 12.0. The summed E-state index contributed by atoms with van der Waals surface area (Å²) in [6.45, 7) is 5.91. The van der Waals surface area contributed by atoms with Crippen LogP contribution in [0.3, 0.4) is 0 Å². The molecule has 110 valence electrons. The highest BCUT2D eigenvalue weighted by molar-refractivity contribution is 5.68. The van der Waals surface area contributed by atoms with Crippen molar-refractivity contribution in [3.63, 3.8) is 0 Å². The number of carboxylic acids is 1. The van der Waals surface area contributed by atoms with Gasteiger partial charge in [-0.25, -0.2) is 0 Å². The molecule has 5 heteroatoms. The highest BCUT2D eigenvalue weighted by Gasteiger charge is 2.16. The van der Waals surface area contributed by atoms with Crippen molar-refractivity contribution in [2.24, 2.45) is 5.92 Å². The first-order chi connectivity index (χ1) is 9.56. The number of nitrogens with zero attached hydrogens (tertiary/aromatic N) is 1. The first-order valence-corrected chi connectivity index (χ1v) is 6.92. The Morgan fingerprint density at radius 3 is 2.75 bits per heavy atom. The lowest BCUT2D eigenvalue weighted by atomic mass is 10.1. The van der Waals surface area contributed by atoms with Gasteiger partial charge in [-0.2, -0.15) is 0 Å². The molecule has 0 saturated carbocycles. The van der Waals surface area contributed by atoms with Crippen LogP contribution in [0.1, 0.15) is 26.7 Å². The molecule has 1 aliphatic rings. The Balaban J connectivity index is 2.09. The fourth-order valence-corrected chi connectivity index (χ4v) is 2.10. The normalized spacial score (nSPS) is 12.8. The Hall–Kier alpha value is -1.91. The fourth-order valence-electron chi connectivity index (χ4n) is 2.10. The number of rotatable bonds is 7. The van der Waals surface area contributed by atoms with Gasteiger partial charge in [0.05, 0.1) is 6.42 Å². The maximum Gasteiger partial charge on any atom is 0.305 e. The average molecular weight is 279 g/mol. The molecule has 0 spiro atoms. The maximum atomic E-state index is 10.8. The number of ether oxygens (including phenoxy) is 2. The van der Waals surface area contributed by atoms with Crippen molar-refractivity contribution in [3.8, 4) is 11.5 Å². The molecule has 1 aromatic carbocycles. The summed E-state index contributed by atoms with van der Waals surface area (Å²) in [4.78, 5) is 12.9. The molecule has 2 rings (SSSR count). The monoisotopic (exact) mass is 279 g/mol. The molecule has 0 aliphatic carbocycles. The molecule has 0 amide bonds. The minimum Gasteiger partial charge on any atom is -0.481 e. The second-order valence-electron chi connectivity index (χ2n) is 5.35. The predicted molar refractivity (Wildman–Crippen MR) is 76.5 cm³/mol. The summed E-state index contributed by atoms with van der Waals surface area (Å²) in [5.41, 5.74) is 0.983. The lowest BCUT2D eigenvalue weighted by Crippen LogP contribution is -2.28. The summed E-state index contributed by atoms with van der Waals surface area (Å²) in [6.07, 6.45) is 1.15. The van der Waals surface area contributed by atoms with Gasteiger partial charge in [-0.05, 0) is 24.5 Å². The van der Waals surface area contributed by atoms with E-state index in [1.807, 2.05) is 18.2 Å². The number of anilines is 1. The van der Waals surface area contributed by atoms with Crippen LogP contribution < -0.4 is 14.4 Å². The molecule has 0 unspecified atom stereocenters. The van der Waals surface area contributed by atoms with Gasteiger partial charge in [-0.15, -0.1) is 0 Å². The van der Waals surface area contributed by atoms with Crippen molar-refractivity contribution in [3.05, 3.63) is 18.2 Å². The molecule has 20 heavy (non-hydrogen) atoms. The van der Waals surface area contributed by atoms with Crippen molar-refractivity contribution >= 4 is 11.7 Å². The van der Waals surface area contributed by atoms with E-state index >= 15 is 0 Å². The first-order valence-electron chi connectivity index (χ1n) is 6.92. The Kier molecular flexibility index (Phi) is 4.71. The van der Waals surface area contributed by atoms with E-state index < -0.39 is 5.97 Å². The summed E-state index contributed by atoms with van der Waals surface area (Å²) >= 11 is 0. The lowest BCUT2D eigenvalue weighted by molar-refractivity contribution is -0.136.